The first-order valence-electron chi connectivity index (χ1n) is 5.47. The van der Waals surface area contributed by atoms with Crippen LogP contribution >= 0.6 is 0 Å². The summed E-state index contributed by atoms with van der Waals surface area (Å²) < 4.78 is 0. The van der Waals surface area contributed by atoms with Crippen LogP contribution in [-0.4, -0.2) is 17.1 Å². The molecule has 88 valence electrons. The normalized spacial score (nSPS) is 15.8. The fourth-order valence-corrected chi connectivity index (χ4v) is 1.62. The lowest BCUT2D eigenvalue weighted by molar-refractivity contribution is 0.313. The predicted octanol–water partition coefficient (Wildman–Crippen LogP) is 1.86. The van der Waals surface area contributed by atoms with Gasteiger partial charge in [-0.05, 0) is 18.9 Å². The Hall–Kier alpha value is -1.55. The molecule has 1 aromatic carbocycles. The van der Waals surface area contributed by atoms with Gasteiger partial charge in [-0.1, -0.05) is 42.4 Å². The minimum Gasteiger partial charge on any atom is -0.409 e. The summed E-state index contributed by atoms with van der Waals surface area (Å²) in [7, 11) is 0. The third-order valence-electron chi connectivity index (χ3n) is 2.63. The van der Waals surface area contributed by atoms with Crippen LogP contribution in [0, 0.1) is 0 Å². The monoisotopic (exact) mass is 221 g/mol. The Balaban J connectivity index is 2.66. The van der Waals surface area contributed by atoms with Crippen LogP contribution < -0.4 is 11.1 Å². The van der Waals surface area contributed by atoms with Gasteiger partial charge in [0.1, 0.15) is 0 Å². The number of nitrogens with two attached hydrogens (primary N) is 1. The van der Waals surface area contributed by atoms with Crippen LogP contribution in [0.3, 0.4) is 0 Å². The molecule has 2 atom stereocenters. The van der Waals surface area contributed by atoms with Crippen molar-refractivity contribution in [1.82, 2.24) is 5.32 Å². The van der Waals surface area contributed by atoms with E-state index >= 15 is 0 Å². The number of oxime groups is 1. The first kappa shape index (κ1) is 12.5. The Morgan fingerprint density at radius 1 is 1.44 bits per heavy atom. The van der Waals surface area contributed by atoms with Gasteiger partial charge in [-0.25, -0.2) is 0 Å². The van der Waals surface area contributed by atoms with Gasteiger partial charge in [0.2, 0.25) is 0 Å². The molecule has 4 N–H and O–H groups in total. The summed E-state index contributed by atoms with van der Waals surface area (Å²) in [5.41, 5.74) is 6.78. The van der Waals surface area contributed by atoms with Crippen LogP contribution in [-0.2, 0) is 0 Å². The fourth-order valence-electron chi connectivity index (χ4n) is 1.62. The number of hydrogen-bond acceptors (Lipinski definition) is 3. The third-order valence-corrected chi connectivity index (χ3v) is 2.63. The zero-order chi connectivity index (χ0) is 12.0. The van der Waals surface area contributed by atoms with E-state index in [1.165, 1.54) is 5.56 Å². The number of nitrogens with one attached hydrogen (secondary N) is 1. The molecule has 0 aliphatic carbocycles. The first-order chi connectivity index (χ1) is 7.69. The van der Waals surface area contributed by atoms with E-state index in [4.69, 9.17) is 10.9 Å². The molecule has 0 saturated heterocycles. The lowest BCUT2D eigenvalue weighted by Gasteiger charge is -2.21. The van der Waals surface area contributed by atoms with Crippen molar-refractivity contribution in [3.63, 3.8) is 0 Å². The van der Waals surface area contributed by atoms with Crippen LogP contribution in [0.1, 0.15) is 31.9 Å². The molecule has 0 saturated carbocycles. The van der Waals surface area contributed by atoms with Crippen molar-refractivity contribution < 1.29 is 5.21 Å². The Morgan fingerprint density at radius 3 is 2.56 bits per heavy atom. The third kappa shape index (κ3) is 3.24. The second kappa shape index (κ2) is 6.12. The maximum absolute atomic E-state index is 8.64. The molecule has 0 bridgehead atoms. The van der Waals surface area contributed by atoms with Crippen molar-refractivity contribution in [2.75, 3.05) is 0 Å². The molecule has 0 heterocycles. The van der Waals surface area contributed by atoms with Crippen LogP contribution in [0.2, 0.25) is 0 Å². The van der Waals surface area contributed by atoms with Crippen LogP contribution in [0.15, 0.2) is 35.5 Å². The molecule has 0 aliphatic heterocycles. The Morgan fingerprint density at radius 2 is 2.06 bits per heavy atom. The maximum atomic E-state index is 8.64. The summed E-state index contributed by atoms with van der Waals surface area (Å²) in [6.45, 7) is 4.05. The summed E-state index contributed by atoms with van der Waals surface area (Å²) in [5, 5.41) is 15.0. The average Bonchev–Trinajstić information content (AvgIpc) is 2.35. The number of benzene rings is 1. The standard InChI is InChI=1S/C12H19N3O/c1-3-11(12(13)15-16)14-9(2)10-7-5-4-6-8-10/h4-9,11,14,16H,3H2,1-2H3,(H2,13,15). The second-order valence-corrected chi connectivity index (χ2v) is 3.78. The molecular formula is C12H19N3O. The summed E-state index contributed by atoms with van der Waals surface area (Å²) in [6.07, 6.45) is 0.785. The smallest absolute Gasteiger partial charge is 0.156 e. The van der Waals surface area contributed by atoms with E-state index in [1.54, 1.807) is 0 Å². The molecule has 0 fully saturated rings. The molecule has 1 aromatic rings. The topological polar surface area (TPSA) is 70.6 Å². The molecule has 1 rings (SSSR count). The highest BCUT2D eigenvalue weighted by Crippen LogP contribution is 2.12. The number of nitrogens with zero attached hydrogens (tertiary/aromatic N) is 1. The SMILES string of the molecule is CCC(NC(C)c1ccccc1)C(N)=NO. The van der Waals surface area contributed by atoms with Crippen LogP contribution in [0.4, 0.5) is 0 Å². The molecule has 16 heavy (non-hydrogen) atoms. The molecule has 0 aromatic heterocycles. The van der Waals surface area contributed by atoms with E-state index < -0.39 is 0 Å². The largest absolute Gasteiger partial charge is 0.409 e. The molecule has 4 heteroatoms. The van der Waals surface area contributed by atoms with Crippen molar-refractivity contribution in [3.8, 4) is 0 Å². The molecule has 0 amide bonds. The van der Waals surface area contributed by atoms with Gasteiger partial charge in [0.25, 0.3) is 0 Å². The number of hydrogen-bond donors (Lipinski definition) is 3. The maximum Gasteiger partial charge on any atom is 0.156 e. The molecule has 4 nitrogen and oxygen atoms in total. The van der Waals surface area contributed by atoms with E-state index in [2.05, 4.69) is 29.5 Å². The van der Waals surface area contributed by atoms with Crippen molar-refractivity contribution >= 4 is 5.84 Å². The van der Waals surface area contributed by atoms with Gasteiger partial charge < -0.3 is 16.3 Å². The summed E-state index contributed by atoms with van der Waals surface area (Å²) >= 11 is 0. The Bertz CT molecular complexity index is 337. The van der Waals surface area contributed by atoms with E-state index in [9.17, 15) is 0 Å². The number of amidine groups is 1. The van der Waals surface area contributed by atoms with Gasteiger partial charge in [0, 0.05) is 6.04 Å². The zero-order valence-corrected chi connectivity index (χ0v) is 9.72. The van der Waals surface area contributed by atoms with E-state index in [0.717, 1.165) is 6.42 Å². The van der Waals surface area contributed by atoms with Crippen molar-refractivity contribution in [2.24, 2.45) is 10.9 Å². The summed E-state index contributed by atoms with van der Waals surface area (Å²) in [6, 6.07) is 10.2. The Kier molecular flexibility index (Phi) is 4.79. The summed E-state index contributed by atoms with van der Waals surface area (Å²) in [5.74, 6) is 0.227. The molecular weight excluding hydrogens is 202 g/mol. The summed E-state index contributed by atoms with van der Waals surface area (Å²) in [4.78, 5) is 0. The van der Waals surface area contributed by atoms with E-state index in [-0.39, 0.29) is 17.9 Å². The van der Waals surface area contributed by atoms with Gasteiger partial charge in [0.05, 0.1) is 6.04 Å². The highest BCUT2D eigenvalue weighted by atomic mass is 16.4. The minimum atomic E-state index is -0.0970. The van der Waals surface area contributed by atoms with Gasteiger partial charge >= 0.3 is 0 Å². The van der Waals surface area contributed by atoms with Crippen molar-refractivity contribution in [3.05, 3.63) is 35.9 Å². The Labute approximate surface area is 96.2 Å². The van der Waals surface area contributed by atoms with Crippen LogP contribution in [0.25, 0.3) is 0 Å². The lowest BCUT2D eigenvalue weighted by Crippen LogP contribution is -2.42. The highest BCUT2D eigenvalue weighted by molar-refractivity contribution is 5.85. The van der Waals surface area contributed by atoms with E-state index in [0.29, 0.717) is 0 Å². The first-order valence-corrected chi connectivity index (χ1v) is 5.47. The lowest BCUT2D eigenvalue weighted by atomic mass is 10.1. The average molecular weight is 221 g/mol. The predicted molar refractivity (Wildman–Crippen MR) is 65.5 cm³/mol. The minimum absolute atomic E-state index is 0.0970. The van der Waals surface area contributed by atoms with Gasteiger partial charge in [-0.2, -0.15) is 0 Å². The zero-order valence-electron chi connectivity index (χ0n) is 9.72. The highest BCUT2D eigenvalue weighted by Gasteiger charge is 2.15. The molecule has 0 radical (unpaired) electrons. The van der Waals surface area contributed by atoms with Gasteiger partial charge in [0.15, 0.2) is 5.84 Å². The van der Waals surface area contributed by atoms with Crippen LogP contribution in [0.5, 0.6) is 0 Å². The van der Waals surface area contributed by atoms with Gasteiger partial charge in [-0.3, -0.25) is 0 Å². The molecule has 0 aliphatic rings. The molecule has 0 spiro atoms. The fraction of sp³-hybridized carbons (Fsp3) is 0.417. The van der Waals surface area contributed by atoms with E-state index in [1.807, 2.05) is 25.1 Å². The second-order valence-electron chi connectivity index (χ2n) is 3.78. The molecule has 2 unspecified atom stereocenters. The van der Waals surface area contributed by atoms with Gasteiger partial charge in [-0.15, -0.1) is 0 Å². The van der Waals surface area contributed by atoms with Crippen molar-refractivity contribution in [1.29, 1.82) is 0 Å². The number of rotatable bonds is 5. The van der Waals surface area contributed by atoms with Crippen molar-refractivity contribution in [2.45, 2.75) is 32.4 Å². The quantitative estimate of drug-likeness (QED) is 0.307.